The summed E-state index contributed by atoms with van der Waals surface area (Å²) in [7, 11) is 1.70. The highest BCUT2D eigenvalue weighted by atomic mass is 16.3. The van der Waals surface area contributed by atoms with Gasteiger partial charge in [0.05, 0.1) is 17.6 Å². The number of hydrogen-bond acceptors (Lipinski definition) is 4. The molecule has 0 radical (unpaired) electrons. The third-order valence-electron chi connectivity index (χ3n) is 5.99. The molecule has 1 aliphatic rings. The molecule has 1 fully saturated rings. The van der Waals surface area contributed by atoms with E-state index >= 15 is 0 Å². The summed E-state index contributed by atoms with van der Waals surface area (Å²) in [6.07, 6.45) is 0.474. The van der Waals surface area contributed by atoms with E-state index < -0.39 is 6.04 Å². The van der Waals surface area contributed by atoms with Gasteiger partial charge in [0.25, 0.3) is 11.6 Å². The van der Waals surface area contributed by atoms with Gasteiger partial charge in [-0.25, -0.2) is 4.79 Å². The molecule has 2 amide bonds. The van der Waals surface area contributed by atoms with Crippen LogP contribution in [0.3, 0.4) is 0 Å². The van der Waals surface area contributed by atoms with Crippen molar-refractivity contribution in [2.75, 3.05) is 0 Å². The van der Waals surface area contributed by atoms with Gasteiger partial charge in [-0.15, -0.1) is 0 Å². The number of carbonyl (C=O) groups is 2. The summed E-state index contributed by atoms with van der Waals surface area (Å²) in [6, 6.07) is 11.7. The Bertz CT molecular complexity index is 1240. The molecule has 0 saturated carbocycles. The summed E-state index contributed by atoms with van der Waals surface area (Å²) in [5.41, 5.74) is 3.44. The van der Waals surface area contributed by atoms with Gasteiger partial charge in [-0.05, 0) is 35.6 Å². The molecular formula is C23H25N4O4+. The van der Waals surface area contributed by atoms with Gasteiger partial charge in [0.1, 0.15) is 6.04 Å². The van der Waals surface area contributed by atoms with Crippen molar-refractivity contribution in [1.29, 1.82) is 0 Å². The summed E-state index contributed by atoms with van der Waals surface area (Å²) in [5.74, 6) is -0.331. The molecule has 4 rings (SSSR count). The van der Waals surface area contributed by atoms with Crippen LogP contribution in [0.2, 0.25) is 0 Å². The number of aryl methyl sites for hydroxylation is 1. The molecule has 0 spiro atoms. The summed E-state index contributed by atoms with van der Waals surface area (Å²) >= 11 is 0. The average molecular weight is 421 g/mol. The second-order valence-corrected chi connectivity index (χ2v) is 8.29. The molecule has 1 atom stereocenters. The number of imide groups is 1. The number of fused-ring (bicyclic) bond motifs is 1. The maximum Gasteiger partial charge on any atom is 0.329 e. The van der Waals surface area contributed by atoms with Crippen LogP contribution in [0.4, 0.5) is 5.69 Å². The van der Waals surface area contributed by atoms with E-state index in [0.29, 0.717) is 17.1 Å². The minimum absolute atomic E-state index is 0.102. The fourth-order valence-electron chi connectivity index (χ4n) is 4.13. The van der Waals surface area contributed by atoms with Crippen LogP contribution in [0.5, 0.6) is 0 Å². The molecule has 0 aliphatic carbocycles. The maximum absolute atomic E-state index is 13.3. The molecule has 2 heterocycles. The standard InChI is InChI=1S/C23H24N4O4/c1-14(2)16-6-9-18-20(12-16)25(3)23(30)27(18)19-10-11-21(28)26(22(19)29)13-15-4-7-17(24-31)8-5-15/h4-9,12,14,19H,10-11,13H2,1-3H3/p+1. The number of aromatic nitrogens is 2. The molecule has 2 aromatic carbocycles. The van der Waals surface area contributed by atoms with Gasteiger partial charge in [-0.3, -0.25) is 23.6 Å². The van der Waals surface area contributed by atoms with E-state index in [4.69, 9.17) is 0 Å². The lowest BCUT2D eigenvalue weighted by Crippen LogP contribution is -2.55. The highest BCUT2D eigenvalue weighted by molar-refractivity contribution is 6.00. The molecular weight excluding hydrogens is 396 g/mol. The molecule has 1 aromatic heterocycles. The van der Waals surface area contributed by atoms with Crippen molar-refractivity contribution in [2.24, 2.45) is 7.05 Å². The number of hydrogen-bond donors (Lipinski definition) is 1. The molecule has 3 aromatic rings. The van der Waals surface area contributed by atoms with Gasteiger partial charge < -0.3 is 0 Å². The fraction of sp³-hybridized carbons (Fsp3) is 0.348. The Kier molecular flexibility index (Phi) is 5.31. The highest BCUT2D eigenvalue weighted by Crippen LogP contribution is 2.29. The van der Waals surface area contributed by atoms with Gasteiger partial charge in [0, 0.05) is 35.7 Å². The minimum Gasteiger partial charge on any atom is -0.295 e. The molecule has 8 heteroatoms. The topological polar surface area (TPSA) is 95.3 Å². The number of nitrogens with zero attached hydrogens (tertiary/aromatic N) is 3. The first-order chi connectivity index (χ1) is 14.8. The smallest absolute Gasteiger partial charge is 0.295 e. The Labute approximate surface area is 179 Å². The van der Waals surface area contributed by atoms with E-state index in [1.807, 2.05) is 18.2 Å². The Hall–Kier alpha value is -3.55. The zero-order chi connectivity index (χ0) is 22.3. The summed E-state index contributed by atoms with van der Waals surface area (Å²) in [6.45, 7) is 4.28. The quantitative estimate of drug-likeness (QED) is 0.636. The lowest BCUT2D eigenvalue weighted by molar-refractivity contribution is -0.379. The zero-order valence-electron chi connectivity index (χ0n) is 17.8. The normalized spacial score (nSPS) is 17.0. The van der Waals surface area contributed by atoms with Crippen molar-refractivity contribution in [3.05, 3.63) is 69.0 Å². The van der Waals surface area contributed by atoms with Crippen LogP contribution in [-0.2, 0) is 23.2 Å². The van der Waals surface area contributed by atoms with Crippen LogP contribution < -0.4 is 10.9 Å². The molecule has 1 saturated heterocycles. The van der Waals surface area contributed by atoms with E-state index in [0.717, 1.165) is 16.6 Å². The van der Waals surface area contributed by atoms with Crippen LogP contribution >= 0.6 is 0 Å². The first-order valence-corrected chi connectivity index (χ1v) is 10.3. The van der Waals surface area contributed by atoms with Gasteiger partial charge >= 0.3 is 5.69 Å². The van der Waals surface area contributed by atoms with Gasteiger partial charge in [-0.1, -0.05) is 32.0 Å². The number of imidazole rings is 1. The van der Waals surface area contributed by atoms with Crippen LogP contribution in [0, 0.1) is 4.91 Å². The predicted octanol–water partition coefficient (Wildman–Crippen LogP) is 1.83. The van der Waals surface area contributed by atoms with Gasteiger partial charge in [0.2, 0.25) is 5.91 Å². The number of likely N-dealkylation sites (tertiary alicyclic amines) is 1. The SMILES string of the molecule is CC(C)c1ccc2c(c1)n(C)c(=O)n2C1CCC(=O)N(Cc2ccc([NH+]=O)cc2)C1=O. The third-order valence-corrected chi connectivity index (χ3v) is 5.99. The first kappa shape index (κ1) is 20.7. The monoisotopic (exact) mass is 421 g/mol. The number of nitrogens with one attached hydrogen (secondary N) is 1. The number of carbonyl (C=O) groups excluding carboxylic acids is 2. The molecule has 8 nitrogen and oxygen atoms in total. The van der Waals surface area contributed by atoms with Crippen LogP contribution in [-0.4, -0.2) is 25.8 Å². The predicted molar refractivity (Wildman–Crippen MR) is 116 cm³/mol. The summed E-state index contributed by atoms with van der Waals surface area (Å²) in [4.78, 5) is 50.9. The fourth-order valence-corrected chi connectivity index (χ4v) is 4.13. The average Bonchev–Trinajstić information content (AvgIpc) is 3.01. The van der Waals surface area contributed by atoms with E-state index in [1.54, 1.807) is 41.1 Å². The third kappa shape index (κ3) is 3.58. The summed E-state index contributed by atoms with van der Waals surface area (Å²) in [5, 5.41) is 1.80. The molecule has 31 heavy (non-hydrogen) atoms. The van der Waals surface area contributed by atoms with E-state index in [2.05, 4.69) is 13.8 Å². The first-order valence-electron chi connectivity index (χ1n) is 10.3. The second kappa shape index (κ2) is 7.94. The van der Waals surface area contributed by atoms with E-state index in [1.165, 1.54) is 9.47 Å². The maximum atomic E-state index is 13.3. The Balaban J connectivity index is 1.71. The Morgan fingerprint density at radius 2 is 1.74 bits per heavy atom. The number of amides is 2. The molecule has 1 aliphatic heterocycles. The van der Waals surface area contributed by atoms with Crippen molar-refractivity contribution in [3.63, 3.8) is 0 Å². The van der Waals surface area contributed by atoms with Crippen LogP contribution in [0.25, 0.3) is 11.0 Å². The van der Waals surface area contributed by atoms with Crippen molar-refractivity contribution < 1.29 is 14.8 Å². The number of piperidine rings is 1. The number of nitroso groups, excluding NO2 is 1. The van der Waals surface area contributed by atoms with Crippen LogP contribution in [0.15, 0.2) is 47.3 Å². The van der Waals surface area contributed by atoms with Gasteiger partial charge in [0.15, 0.2) is 0 Å². The second-order valence-electron chi connectivity index (χ2n) is 8.29. The van der Waals surface area contributed by atoms with Crippen molar-refractivity contribution >= 4 is 28.5 Å². The zero-order valence-corrected chi connectivity index (χ0v) is 17.8. The molecule has 1 N–H and O–H groups in total. The highest BCUT2D eigenvalue weighted by Gasteiger charge is 2.37. The van der Waals surface area contributed by atoms with Crippen molar-refractivity contribution in [1.82, 2.24) is 14.0 Å². The van der Waals surface area contributed by atoms with Crippen LogP contribution in [0.1, 0.15) is 49.8 Å². The van der Waals surface area contributed by atoms with Gasteiger partial charge in [-0.2, -0.15) is 0 Å². The largest absolute Gasteiger partial charge is 0.329 e. The van der Waals surface area contributed by atoms with E-state index in [-0.39, 0.29) is 36.9 Å². The van der Waals surface area contributed by atoms with Crippen molar-refractivity contribution in [2.45, 2.75) is 45.2 Å². The molecule has 160 valence electrons. The lowest BCUT2D eigenvalue weighted by atomic mass is 10.0. The Morgan fingerprint density at radius 1 is 1.03 bits per heavy atom. The lowest BCUT2D eigenvalue weighted by Gasteiger charge is -2.31. The van der Waals surface area contributed by atoms with E-state index in [9.17, 15) is 19.3 Å². The summed E-state index contributed by atoms with van der Waals surface area (Å²) < 4.78 is 3.08. The molecule has 0 bridgehead atoms. The Morgan fingerprint density at radius 3 is 2.39 bits per heavy atom. The van der Waals surface area contributed by atoms with Crippen molar-refractivity contribution in [3.8, 4) is 0 Å². The number of rotatable bonds is 5. The number of benzene rings is 2. The minimum atomic E-state index is -0.735. The molecule has 1 unspecified atom stereocenters.